The molecule has 0 spiro atoms. The van der Waals surface area contributed by atoms with Gasteiger partial charge in [-0.25, -0.2) is 9.37 Å². The van der Waals surface area contributed by atoms with Crippen molar-refractivity contribution in [2.45, 2.75) is 18.8 Å². The predicted molar refractivity (Wildman–Crippen MR) is 94.6 cm³/mol. The number of piperidine rings is 1. The molecule has 1 aliphatic rings. The predicted octanol–water partition coefficient (Wildman–Crippen LogP) is 3.34. The highest BCUT2D eigenvalue weighted by molar-refractivity contribution is 6.33. The molecule has 4 rings (SSSR count). The van der Waals surface area contributed by atoms with Crippen molar-refractivity contribution in [2.75, 3.05) is 13.1 Å². The van der Waals surface area contributed by atoms with Gasteiger partial charge >= 0.3 is 0 Å². The summed E-state index contributed by atoms with van der Waals surface area (Å²) in [7, 11) is 0. The average Bonchev–Trinajstić information content (AvgIpc) is 3.19. The van der Waals surface area contributed by atoms with Gasteiger partial charge < -0.3 is 9.42 Å². The molecule has 0 bridgehead atoms. The minimum atomic E-state index is -0.626. The minimum absolute atomic E-state index is 0.103. The van der Waals surface area contributed by atoms with Crippen LogP contribution in [0.25, 0.3) is 11.6 Å². The van der Waals surface area contributed by atoms with Gasteiger partial charge in [0.15, 0.2) is 5.82 Å². The van der Waals surface area contributed by atoms with Gasteiger partial charge in [0.2, 0.25) is 0 Å². The molecule has 3 aromatic rings. The zero-order chi connectivity index (χ0) is 18.8. The highest BCUT2D eigenvalue weighted by atomic mass is 35.5. The Morgan fingerprint density at radius 2 is 2.22 bits per heavy atom. The van der Waals surface area contributed by atoms with E-state index in [0.29, 0.717) is 24.6 Å². The number of amides is 1. The minimum Gasteiger partial charge on any atom is -0.338 e. The summed E-state index contributed by atoms with van der Waals surface area (Å²) in [5, 5.41) is 4.13. The third-order valence-corrected chi connectivity index (χ3v) is 4.79. The van der Waals surface area contributed by atoms with Crippen molar-refractivity contribution < 1.29 is 13.7 Å². The summed E-state index contributed by atoms with van der Waals surface area (Å²) < 4.78 is 19.4. The molecule has 7 nitrogen and oxygen atoms in total. The monoisotopic (exact) mass is 387 g/mol. The van der Waals surface area contributed by atoms with Crippen LogP contribution in [-0.4, -0.2) is 44.0 Å². The molecule has 1 amide bonds. The van der Waals surface area contributed by atoms with E-state index >= 15 is 0 Å². The van der Waals surface area contributed by atoms with Gasteiger partial charge in [0.1, 0.15) is 11.5 Å². The summed E-state index contributed by atoms with van der Waals surface area (Å²) >= 11 is 6.03. The molecular formula is C18H15ClFN5O2. The molecule has 0 aliphatic carbocycles. The van der Waals surface area contributed by atoms with Crippen LogP contribution in [0.15, 0.2) is 41.3 Å². The molecule has 138 valence electrons. The zero-order valence-corrected chi connectivity index (χ0v) is 14.9. The molecule has 1 aromatic carbocycles. The van der Waals surface area contributed by atoms with Crippen LogP contribution in [0.5, 0.6) is 0 Å². The summed E-state index contributed by atoms with van der Waals surface area (Å²) in [5.41, 5.74) is 0.381. The first-order valence-electron chi connectivity index (χ1n) is 8.47. The second kappa shape index (κ2) is 7.40. The fraction of sp³-hybridized carbons (Fsp3) is 0.278. The summed E-state index contributed by atoms with van der Waals surface area (Å²) in [5.74, 6) is -0.395. The smallest absolute Gasteiger partial charge is 0.278 e. The van der Waals surface area contributed by atoms with Gasteiger partial charge in [0.25, 0.3) is 11.8 Å². The van der Waals surface area contributed by atoms with Gasteiger partial charge in [0.05, 0.1) is 16.8 Å². The number of hydrogen-bond donors (Lipinski definition) is 0. The molecule has 1 fully saturated rings. The van der Waals surface area contributed by atoms with Crippen molar-refractivity contribution in [3.05, 3.63) is 59.0 Å². The number of benzene rings is 1. The van der Waals surface area contributed by atoms with E-state index in [9.17, 15) is 9.18 Å². The molecule has 0 saturated carbocycles. The lowest BCUT2D eigenvalue weighted by Gasteiger charge is -2.31. The second-order valence-corrected chi connectivity index (χ2v) is 6.64. The van der Waals surface area contributed by atoms with Crippen LogP contribution < -0.4 is 0 Å². The number of carbonyl (C=O) groups excluding carboxylic acids is 1. The second-order valence-electron chi connectivity index (χ2n) is 6.24. The van der Waals surface area contributed by atoms with Crippen molar-refractivity contribution in [3.63, 3.8) is 0 Å². The molecule has 27 heavy (non-hydrogen) atoms. The number of likely N-dealkylation sites (tertiary alicyclic amines) is 1. The molecule has 3 heterocycles. The molecule has 1 atom stereocenters. The zero-order valence-electron chi connectivity index (χ0n) is 14.2. The van der Waals surface area contributed by atoms with Gasteiger partial charge in [-0.1, -0.05) is 22.8 Å². The number of aromatic nitrogens is 4. The Kier molecular flexibility index (Phi) is 4.81. The van der Waals surface area contributed by atoms with Gasteiger partial charge in [-0.15, -0.1) is 0 Å². The van der Waals surface area contributed by atoms with Gasteiger partial charge in [0, 0.05) is 31.4 Å². The molecule has 9 heteroatoms. The standard InChI is InChI=1S/C18H15ClFN5O2/c19-12-4-1-5-13(20)15(12)18(26)25-8-2-3-11(10-25)16-23-17(27-24-16)14-9-21-6-7-22-14/h1,4-7,9,11H,2-3,8,10H2. The SMILES string of the molecule is O=C(c1c(F)cccc1Cl)N1CCCC(c2noc(-c3cnccn3)n2)C1. The fourth-order valence-electron chi connectivity index (χ4n) is 3.15. The Hall–Kier alpha value is -2.87. The van der Waals surface area contributed by atoms with E-state index < -0.39 is 11.7 Å². The highest BCUT2D eigenvalue weighted by Crippen LogP contribution is 2.29. The molecule has 0 N–H and O–H groups in total. The first-order chi connectivity index (χ1) is 13.1. The van der Waals surface area contributed by atoms with Crippen LogP contribution in [0, 0.1) is 5.82 Å². The first kappa shape index (κ1) is 17.5. The Balaban J connectivity index is 1.54. The summed E-state index contributed by atoms with van der Waals surface area (Å²) in [6.45, 7) is 0.887. The molecule has 1 saturated heterocycles. The normalized spacial score (nSPS) is 17.1. The molecule has 0 radical (unpaired) electrons. The third-order valence-electron chi connectivity index (χ3n) is 4.47. The quantitative estimate of drug-likeness (QED) is 0.685. The van der Waals surface area contributed by atoms with E-state index in [1.165, 1.54) is 24.4 Å². The average molecular weight is 388 g/mol. The van der Waals surface area contributed by atoms with Crippen LogP contribution >= 0.6 is 11.6 Å². The van der Waals surface area contributed by atoms with Crippen molar-refractivity contribution in [3.8, 4) is 11.6 Å². The van der Waals surface area contributed by atoms with E-state index in [2.05, 4.69) is 20.1 Å². The number of nitrogens with zero attached hydrogens (tertiary/aromatic N) is 5. The number of rotatable bonds is 3. The number of carbonyl (C=O) groups is 1. The maximum atomic E-state index is 14.1. The van der Waals surface area contributed by atoms with Crippen molar-refractivity contribution in [1.82, 2.24) is 25.0 Å². The van der Waals surface area contributed by atoms with Gasteiger partial charge in [-0.2, -0.15) is 4.98 Å². The lowest BCUT2D eigenvalue weighted by Crippen LogP contribution is -2.39. The number of halogens is 2. The maximum Gasteiger partial charge on any atom is 0.278 e. The van der Waals surface area contributed by atoms with Crippen molar-refractivity contribution in [2.24, 2.45) is 0 Å². The van der Waals surface area contributed by atoms with E-state index in [1.807, 2.05) is 0 Å². The Bertz CT molecular complexity index is 945. The first-order valence-corrected chi connectivity index (χ1v) is 8.84. The van der Waals surface area contributed by atoms with Gasteiger partial charge in [-0.05, 0) is 25.0 Å². The Morgan fingerprint density at radius 1 is 1.33 bits per heavy atom. The lowest BCUT2D eigenvalue weighted by molar-refractivity contribution is 0.0699. The van der Waals surface area contributed by atoms with E-state index in [4.69, 9.17) is 16.1 Å². The third kappa shape index (κ3) is 3.52. The summed E-state index contributed by atoms with van der Waals surface area (Å²) in [4.78, 5) is 26.8. The molecular weight excluding hydrogens is 373 g/mol. The Labute approximate surface area is 159 Å². The van der Waals surface area contributed by atoms with Gasteiger partial charge in [-0.3, -0.25) is 9.78 Å². The van der Waals surface area contributed by atoms with Crippen molar-refractivity contribution in [1.29, 1.82) is 0 Å². The molecule has 1 unspecified atom stereocenters. The maximum absolute atomic E-state index is 14.1. The van der Waals surface area contributed by atoms with Crippen molar-refractivity contribution >= 4 is 17.5 Å². The summed E-state index contributed by atoms with van der Waals surface area (Å²) in [6.07, 6.45) is 6.18. The van der Waals surface area contributed by atoms with E-state index in [1.54, 1.807) is 17.3 Å². The fourth-order valence-corrected chi connectivity index (χ4v) is 3.39. The van der Waals surface area contributed by atoms with Crippen LogP contribution in [0.1, 0.15) is 34.9 Å². The lowest BCUT2D eigenvalue weighted by atomic mass is 9.96. The molecule has 1 aliphatic heterocycles. The van der Waals surface area contributed by atoms with E-state index in [0.717, 1.165) is 12.8 Å². The largest absolute Gasteiger partial charge is 0.338 e. The number of hydrogen-bond acceptors (Lipinski definition) is 6. The highest BCUT2D eigenvalue weighted by Gasteiger charge is 2.30. The van der Waals surface area contributed by atoms with Crippen LogP contribution in [0.3, 0.4) is 0 Å². The summed E-state index contributed by atoms with van der Waals surface area (Å²) in [6, 6.07) is 4.21. The Morgan fingerprint density at radius 3 is 3.00 bits per heavy atom. The van der Waals surface area contributed by atoms with E-state index in [-0.39, 0.29) is 22.4 Å². The topological polar surface area (TPSA) is 85.0 Å². The van der Waals surface area contributed by atoms with Crippen LogP contribution in [0.2, 0.25) is 5.02 Å². The van der Waals surface area contributed by atoms with Crippen LogP contribution in [-0.2, 0) is 0 Å². The van der Waals surface area contributed by atoms with Crippen LogP contribution in [0.4, 0.5) is 4.39 Å². The molecule has 2 aromatic heterocycles.